The van der Waals surface area contributed by atoms with Gasteiger partial charge in [-0.05, 0) is 37.6 Å². The Morgan fingerprint density at radius 2 is 2.00 bits per heavy atom. The Kier molecular flexibility index (Phi) is 4.69. The van der Waals surface area contributed by atoms with Gasteiger partial charge in [0, 0.05) is 18.0 Å². The summed E-state index contributed by atoms with van der Waals surface area (Å²) in [4.78, 5) is 26.2. The summed E-state index contributed by atoms with van der Waals surface area (Å²) < 4.78 is 5.13. The zero-order valence-corrected chi connectivity index (χ0v) is 13.7. The molecule has 0 aromatic heterocycles. The maximum atomic E-state index is 12.2. The fourth-order valence-electron chi connectivity index (χ4n) is 3.18. The average molecular weight is 327 g/mol. The third-order valence-electron chi connectivity index (χ3n) is 4.57. The molecular formula is C19H21NO4. The molecule has 0 spiro atoms. The largest absolute Gasteiger partial charge is 0.506 e. The molecule has 0 bridgehead atoms. The van der Waals surface area contributed by atoms with Crippen molar-refractivity contribution < 1.29 is 19.4 Å². The molecule has 1 fully saturated rings. The smallest absolute Gasteiger partial charge is 0.342 e. The highest BCUT2D eigenvalue weighted by molar-refractivity contribution is 6.01. The number of hydrogen-bond donors (Lipinski definition) is 1. The van der Waals surface area contributed by atoms with Gasteiger partial charge in [-0.1, -0.05) is 30.3 Å². The zero-order chi connectivity index (χ0) is 17.1. The number of aromatic hydroxyl groups is 1. The molecule has 0 saturated carbocycles. The van der Waals surface area contributed by atoms with Crippen LogP contribution in [0.2, 0.25) is 0 Å². The number of phenolic OH excluding ortho intramolecular Hbond substituents is 1. The standard InChI is InChI=1S/C19H21NO4/c1-13-6-4-5-11-20(13)17(21)12-24-19(23)16-10-9-14-7-2-3-8-15(14)18(16)22/h2-3,7-10,13,22H,4-6,11-12H2,1H3. The van der Waals surface area contributed by atoms with E-state index < -0.39 is 5.97 Å². The molecule has 0 aliphatic carbocycles. The molecule has 1 aliphatic heterocycles. The second kappa shape index (κ2) is 6.91. The minimum absolute atomic E-state index is 0.0770. The van der Waals surface area contributed by atoms with Crippen molar-refractivity contribution in [2.24, 2.45) is 0 Å². The monoisotopic (exact) mass is 327 g/mol. The van der Waals surface area contributed by atoms with E-state index in [4.69, 9.17) is 4.74 Å². The first kappa shape index (κ1) is 16.3. The van der Waals surface area contributed by atoms with E-state index in [1.165, 1.54) is 6.07 Å². The van der Waals surface area contributed by atoms with E-state index in [0.717, 1.165) is 24.6 Å². The molecule has 0 radical (unpaired) electrons. The number of nitrogens with zero attached hydrogens (tertiary/aromatic N) is 1. The van der Waals surface area contributed by atoms with Gasteiger partial charge in [-0.2, -0.15) is 0 Å². The number of rotatable bonds is 3. The molecule has 1 heterocycles. The molecule has 1 aliphatic rings. The molecule has 24 heavy (non-hydrogen) atoms. The third-order valence-corrected chi connectivity index (χ3v) is 4.57. The van der Waals surface area contributed by atoms with Gasteiger partial charge in [0.05, 0.1) is 0 Å². The number of phenols is 1. The highest BCUT2D eigenvalue weighted by atomic mass is 16.5. The Balaban J connectivity index is 1.69. The number of carbonyl (C=O) groups is 2. The van der Waals surface area contributed by atoms with Gasteiger partial charge in [0.1, 0.15) is 11.3 Å². The molecule has 1 saturated heterocycles. The molecule has 1 unspecified atom stereocenters. The van der Waals surface area contributed by atoms with E-state index in [2.05, 4.69) is 0 Å². The maximum absolute atomic E-state index is 12.2. The SMILES string of the molecule is CC1CCCCN1C(=O)COC(=O)c1ccc2ccccc2c1O. The van der Waals surface area contributed by atoms with Crippen LogP contribution >= 0.6 is 0 Å². The quantitative estimate of drug-likeness (QED) is 0.880. The molecular weight excluding hydrogens is 306 g/mol. The number of fused-ring (bicyclic) bond motifs is 1. The fraction of sp³-hybridized carbons (Fsp3) is 0.368. The summed E-state index contributed by atoms with van der Waals surface area (Å²) >= 11 is 0. The fourth-order valence-corrected chi connectivity index (χ4v) is 3.18. The lowest BCUT2D eigenvalue weighted by atomic mass is 10.0. The normalized spacial score (nSPS) is 17.7. The van der Waals surface area contributed by atoms with Crippen molar-refractivity contribution >= 4 is 22.6 Å². The number of carbonyl (C=O) groups excluding carboxylic acids is 2. The first-order valence-electron chi connectivity index (χ1n) is 8.25. The van der Waals surface area contributed by atoms with Gasteiger partial charge >= 0.3 is 5.97 Å². The zero-order valence-electron chi connectivity index (χ0n) is 13.7. The van der Waals surface area contributed by atoms with E-state index in [0.29, 0.717) is 11.9 Å². The van der Waals surface area contributed by atoms with Gasteiger partial charge in [-0.25, -0.2) is 4.79 Å². The van der Waals surface area contributed by atoms with Crippen LogP contribution in [-0.2, 0) is 9.53 Å². The maximum Gasteiger partial charge on any atom is 0.342 e. The van der Waals surface area contributed by atoms with Gasteiger partial charge in [0.2, 0.25) is 0 Å². The number of likely N-dealkylation sites (tertiary alicyclic amines) is 1. The van der Waals surface area contributed by atoms with Crippen molar-refractivity contribution in [3.05, 3.63) is 42.0 Å². The van der Waals surface area contributed by atoms with Crippen LogP contribution < -0.4 is 0 Å². The van der Waals surface area contributed by atoms with E-state index >= 15 is 0 Å². The molecule has 2 aromatic carbocycles. The highest BCUT2D eigenvalue weighted by Crippen LogP contribution is 2.29. The predicted molar refractivity (Wildman–Crippen MR) is 90.9 cm³/mol. The van der Waals surface area contributed by atoms with Crippen LogP contribution in [0.25, 0.3) is 10.8 Å². The lowest BCUT2D eigenvalue weighted by Crippen LogP contribution is -2.44. The van der Waals surface area contributed by atoms with E-state index in [1.54, 1.807) is 23.1 Å². The number of esters is 1. The summed E-state index contributed by atoms with van der Waals surface area (Å²) in [5.41, 5.74) is 0.0770. The van der Waals surface area contributed by atoms with Gasteiger partial charge < -0.3 is 14.7 Å². The number of piperidine rings is 1. The summed E-state index contributed by atoms with van der Waals surface area (Å²) in [7, 11) is 0. The van der Waals surface area contributed by atoms with Crippen molar-refractivity contribution in [3.63, 3.8) is 0 Å². The van der Waals surface area contributed by atoms with Crippen molar-refractivity contribution in [3.8, 4) is 5.75 Å². The second-order valence-corrected chi connectivity index (χ2v) is 6.19. The number of amides is 1. The van der Waals surface area contributed by atoms with Crippen LogP contribution in [0.1, 0.15) is 36.5 Å². The molecule has 1 amide bonds. The van der Waals surface area contributed by atoms with Crippen molar-refractivity contribution in [2.45, 2.75) is 32.2 Å². The second-order valence-electron chi connectivity index (χ2n) is 6.19. The minimum atomic E-state index is -0.684. The van der Waals surface area contributed by atoms with Gasteiger partial charge in [0.15, 0.2) is 6.61 Å². The summed E-state index contributed by atoms with van der Waals surface area (Å²) in [5.74, 6) is -0.982. The molecule has 3 rings (SSSR count). The lowest BCUT2D eigenvalue weighted by Gasteiger charge is -2.33. The first-order chi connectivity index (χ1) is 11.6. The number of ether oxygens (including phenoxy) is 1. The Morgan fingerprint density at radius 3 is 2.79 bits per heavy atom. The summed E-state index contributed by atoms with van der Waals surface area (Å²) in [6.45, 7) is 2.42. The molecule has 126 valence electrons. The van der Waals surface area contributed by atoms with Gasteiger partial charge in [-0.3, -0.25) is 4.79 Å². The van der Waals surface area contributed by atoms with Gasteiger partial charge in [-0.15, -0.1) is 0 Å². The van der Waals surface area contributed by atoms with Crippen LogP contribution in [0, 0.1) is 0 Å². The van der Waals surface area contributed by atoms with Crippen LogP contribution in [0.4, 0.5) is 0 Å². The Hall–Kier alpha value is -2.56. The summed E-state index contributed by atoms with van der Waals surface area (Å²) in [6, 6.07) is 10.7. The van der Waals surface area contributed by atoms with Crippen LogP contribution in [0.3, 0.4) is 0 Å². The highest BCUT2D eigenvalue weighted by Gasteiger charge is 2.24. The van der Waals surface area contributed by atoms with Crippen molar-refractivity contribution in [1.29, 1.82) is 0 Å². The average Bonchev–Trinajstić information content (AvgIpc) is 2.60. The lowest BCUT2D eigenvalue weighted by molar-refractivity contribution is -0.137. The van der Waals surface area contributed by atoms with E-state index in [-0.39, 0.29) is 29.9 Å². The molecule has 2 aromatic rings. The van der Waals surface area contributed by atoms with Crippen molar-refractivity contribution in [2.75, 3.05) is 13.2 Å². The predicted octanol–water partition coefficient (Wildman–Crippen LogP) is 3.10. The van der Waals surface area contributed by atoms with E-state index in [1.807, 2.05) is 19.1 Å². The Bertz CT molecular complexity index is 771. The topological polar surface area (TPSA) is 66.8 Å². The van der Waals surface area contributed by atoms with Gasteiger partial charge in [0.25, 0.3) is 5.91 Å². The first-order valence-corrected chi connectivity index (χ1v) is 8.25. The molecule has 5 heteroatoms. The number of benzene rings is 2. The van der Waals surface area contributed by atoms with Crippen LogP contribution in [0.5, 0.6) is 5.75 Å². The Morgan fingerprint density at radius 1 is 1.21 bits per heavy atom. The van der Waals surface area contributed by atoms with Crippen LogP contribution in [0.15, 0.2) is 36.4 Å². The summed E-state index contributed by atoms with van der Waals surface area (Å²) in [6.07, 6.45) is 3.08. The minimum Gasteiger partial charge on any atom is -0.506 e. The van der Waals surface area contributed by atoms with Crippen LogP contribution in [-0.4, -0.2) is 41.1 Å². The molecule has 1 atom stereocenters. The summed E-state index contributed by atoms with van der Waals surface area (Å²) in [5, 5.41) is 11.7. The number of hydrogen-bond acceptors (Lipinski definition) is 4. The molecule has 1 N–H and O–H groups in total. The van der Waals surface area contributed by atoms with E-state index in [9.17, 15) is 14.7 Å². The Labute approximate surface area is 140 Å². The third kappa shape index (κ3) is 3.20. The van der Waals surface area contributed by atoms with Crippen molar-refractivity contribution in [1.82, 2.24) is 4.90 Å². The molecule has 5 nitrogen and oxygen atoms in total.